The number of halogens is 1. The molecule has 0 spiro atoms. The minimum atomic E-state index is -1.35. The van der Waals surface area contributed by atoms with E-state index in [0.29, 0.717) is 24.4 Å². The molecule has 2 aromatic rings. The summed E-state index contributed by atoms with van der Waals surface area (Å²) in [5.74, 6) is -0.0522. The molecule has 1 saturated heterocycles. The SMILES string of the molecule is O=C(CCc1ccccc1)N1C[C@@H](O)[C@](O)(CNCc2cccc(Cl)c2)C1. The second-order valence-electron chi connectivity index (χ2n) is 7.11. The fourth-order valence-electron chi connectivity index (χ4n) is 3.37. The van der Waals surface area contributed by atoms with Crippen LogP contribution in [0, 0.1) is 0 Å². The van der Waals surface area contributed by atoms with Gasteiger partial charge in [-0.3, -0.25) is 4.79 Å². The van der Waals surface area contributed by atoms with E-state index in [1.165, 1.54) is 0 Å². The Hall–Kier alpha value is -1.92. The van der Waals surface area contributed by atoms with Crippen LogP contribution in [0.2, 0.25) is 5.02 Å². The molecule has 3 rings (SSSR count). The van der Waals surface area contributed by atoms with Crippen molar-refractivity contribution in [2.75, 3.05) is 19.6 Å². The van der Waals surface area contributed by atoms with E-state index in [4.69, 9.17) is 11.6 Å². The summed E-state index contributed by atoms with van der Waals surface area (Å²) in [6.07, 6.45) is 0.0468. The zero-order chi connectivity index (χ0) is 19.3. The maximum absolute atomic E-state index is 12.5. The molecular formula is C21H25ClN2O3. The molecule has 0 aliphatic carbocycles. The van der Waals surface area contributed by atoms with E-state index in [9.17, 15) is 15.0 Å². The van der Waals surface area contributed by atoms with E-state index in [1.807, 2.05) is 48.5 Å². The Bertz CT molecular complexity index is 771. The number of β-amino-alcohol motifs (C(OH)–C–C–N with tert-alkyl or cyclic N) is 2. The molecule has 0 bridgehead atoms. The number of amides is 1. The van der Waals surface area contributed by atoms with Crippen LogP contribution in [-0.4, -0.2) is 52.4 Å². The van der Waals surface area contributed by atoms with Crippen LogP contribution in [-0.2, 0) is 17.8 Å². The number of aliphatic hydroxyl groups is 2. The highest BCUT2D eigenvalue weighted by molar-refractivity contribution is 6.30. The van der Waals surface area contributed by atoms with Gasteiger partial charge in [-0.25, -0.2) is 0 Å². The first-order valence-electron chi connectivity index (χ1n) is 9.13. The topological polar surface area (TPSA) is 72.8 Å². The summed E-state index contributed by atoms with van der Waals surface area (Å²) in [6.45, 7) is 1.01. The van der Waals surface area contributed by atoms with E-state index >= 15 is 0 Å². The second-order valence-corrected chi connectivity index (χ2v) is 7.55. The second kappa shape index (κ2) is 8.85. The van der Waals surface area contributed by atoms with Gasteiger partial charge in [0.25, 0.3) is 0 Å². The first-order chi connectivity index (χ1) is 13.0. The minimum absolute atomic E-state index is 0.0522. The monoisotopic (exact) mass is 388 g/mol. The molecule has 27 heavy (non-hydrogen) atoms. The fourth-order valence-corrected chi connectivity index (χ4v) is 3.58. The van der Waals surface area contributed by atoms with Gasteiger partial charge in [-0.05, 0) is 29.7 Å². The number of carbonyl (C=O) groups excluding carboxylic acids is 1. The van der Waals surface area contributed by atoms with Crippen LogP contribution in [0.25, 0.3) is 0 Å². The Kier molecular flexibility index (Phi) is 6.50. The number of benzene rings is 2. The molecule has 1 fully saturated rings. The van der Waals surface area contributed by atoms with Crippen LogP contribution in [0.15, 0.2) is 54.6 Å². The van der Waals surface area contributed by atoms with Crippen molar-refractivity contribution < 1.29 is 15.0 Å². The summed E-state index contributed by atoms with van der Waals surface area (Å²) < 4.78 is 0. The average Bonchev–Trinajstić information content (AvgIpc) is 2.96. The number of nitrogens with one attached hydrogen (secondary N) is 1. The van der Waals surface area contributed by atoms with Gasteiger partial charge >= 0.3 is 0 Å². The molecule has 2 atom stereocenters. The number of rotatable bonds is 7. The van der Waals surface area contributed by atoms with Crippen LogP contribution in [0.4, 0.5) is 0 Å². The van der Waals surface area contributed by atoms with Gasteiger partial charge in [-0.15, -0.1) is 0 Å². The average molecular weight is 389 g/mol. The summed E-state index contributed by atoms with van der Waals surface area (Å²) in [5, 5.41) is 24.9. The zero-order valence-electron chi connectivity index (χ0n) is 15.1. The van der Waals surface area contributed by atoms with Crippen molar-refractivity contribution >= 4 is 17.5 Å². The van der Waals surface area contributed by atoms with E-state index in [2.05, 4.69) is 5.32 Å². The smallest absolute Gasteiger partial charge is 0.223 e. The lowest BCUT2D eigenvalue weighted by Crippen LogP contribution is -2.50. The maximum Gasteiger partial charge on any atom is 0.223 e. The number of aryl methyl sites for hydroxylation is 1. The van der Waals surface area contributed by atoms with Crippen molar-refractivity contribution in [3.8, 4) is 0 Å². The Labute approximate surface area is 164 Å². The van der Waals surface area contributed by atoms with Gasteiger partial charge in [0.05, 0.1) is 6.54 Å². The van der Waals surface area contributed by atoms with Gasteiger partial charge in [-0.1, -0.05) is 54.1 Å². The molecule has 3 N–H and O–H groups in total. The zero-order valence-corrected chi connectivity index (χ0v) is 15.9. The van der Waals surface area contributed by atoms with E-state index in [0.717, 1.165) is 11.1 Å². The molecule has 2 aromatic carbocycles. The normalized spacial score (nSPS) is 22.2. The van der Waals surface area contributed by atoms with Crippen molar-refractivity contribution in [2.24, 2.45) is 0 Å². The van der Waals surface area contributed by atoms with Crippen molar-refractivity contribution in [3.05, 3.63) is 70.7 Å². The van der Waals surface area contributed by atoms with Gasteiger partial charge < -0.3 is 20.4 Å². The Morgan fingerprint density at radius 1 is 1.19 bits per heavy atom. The van der Waals surface area contributed by atoms with Crippen molar-refractivity contribution in [1.29, 1.82) is 0 Å². The highest BCUT2D eigenvalue weighted by Crippen LogP contribution is 2.23. The predicted octanol–water partition coefficient (Wildman–Crippen LogP) is 2.00. The number of aliphatic hydroxyl groups excluding tert-OH is 1. The number of nitrogens with zero attached hydrogens (tertiary/aromatic N) is 1. The van der Waals surface area contributed by atoms with Crippen LogP contribution < -0.4 is 5.32 Å². The van der Waals surface area contributed by atoms with Gasteiger partial charge in [0.1, 0.15) is 11.7 Å². The molecular weight excluding hydrogens is 364 g/mol. The first kappa shape index (κ1) is 19.8. The summed E-state index contributed by atoms with van der Waals surface area (Å²) in [5.41, 5.74) is 0.750. The third-order valence-corrected chi connectivity index (χ3v) is 5.19. The highest BCUT2D eigenvalue weighted by Gasteiger charge is 2.45. The number of hydrogen-bond acceptors (Lipinski definition) is 4. The van der Waals surface area contributed by atoms with Gasteiger partial charge in [0, 0.05) is 31.1 Å². The summed E-state index contributed by atoms with van der Waals surface area (Å²) in [6, 6.07) is 17.3. The van der Waals surface area contributed by atoms with Crippen LogP contribution in [0.3, 0.4) is 0 Å². The molecule has 0 aromatic heterocycles. The van der Waals surface area contributed by atoms with Gasteiger partial charge in [-0.2, -0.15) is 0 Å². The predicted molar refractivity (Wildman–Crippen MR) is 105 cm³/mol. The first-order valence-corrected chi connectivity index (χ1v) is 9.51. The Balaban J connectivity index is 1.49. The fraction of sp³-hybridized carbons (Fsp3) is 0.381. The molecule has 0 unspecified atom stereocenters. The van der Waals surface area contributed by atoms with Gasteiger partial charge in [0.15, 0.2) is 0 Å². The maximum atomic E-state index is 12.5. The number of hydrogen-bond donors (Lipinski definition) is 3. The molecule has 1 aliphatic rings. The summed E-state index contributed by atoms with van der Waals surface area (Å²) in [4.78, 5) is 14.0. The number of likely N-dealkylation sites (tertiary alicyclic amines) is 1. The largest absolute Gasteiger partial charge is 0.388 e. The standard InChI is InChI=1S/C21H25ClN2O3/c22-18-8-4-7-17(11-18)12-23-14-21(27)15-24(13-19(21)25)20(26)10-9-16-5-2-1-3-6-16/h1-8,11,19,23,25,27H,9-10,12-15H2/t19-,21+/m1/s1. The van der Waals surface area contributed by atoms with Crippen molar-refractivity contribution in [3.63, 3.8) is 0 Å². The van der Waals surface area contributed by atoms with Gasteiger partial charge in [0.2, 0.25) is 5.91 Å². The lowest BCUT2D eigenvalue weighted by molar-refractivity contribution is -0.131. The molecule has 1 amide bonds. The lowest BCUT2D eigenvalue weighted by Gasteiger charge is -2.26. The summed E-state index contributed by atoms with van der Waals surface area (Å²) >= 11 is 5.97. The Morgan fingerprint density at radius 2 is 1.93 bits per heavy atom. The molecule has 0 saturated carbocycles. The molecule has 6 heteroatoms. The molecule has 5 nitrogen and oxygen atoms in total. The van der Waals surface area contributed by atoms with Crippen LogP contribution >= 0.6 is 11.6 Å². The number of carbonyl (C=O) groups is 1. The Morgan fingerprint density at radius 3 is 2.67 bits per heavy atom. The minimum Gasteiger partial charge on any atom is -0.388 e. The van der Waals surface area contributed by atoms with Crippen LogP contribution in [0.5, 0.6) is 0 Å². The molecule has 0 radical (unpaired) electrons. The van der Waals surface area contributed by atoms with Crippen LogP contribution in [0.1, 0.15) is 17.5 Å². The molecule has 1 aliphatic heterocycles. The quantitative estimate of drug-likeness (QED) is 0.678. The van der Waals surface area contributed by atoms with Crippen molar-refractivity contribution in [1.82, 2.24) is 10.2 Å². The molecule has 1 heterocycles. The van der Waals surface area contributed by atoms with E-state index in [1.54, 1.807) is 11.0 Å². The molecule has 144 valence electrons. The van der Waals surface area contributed by atoms with Crippen molar-refractivity contribution in [2.45, 2.75) is 31.1 Å². The highest BCUT2D eigenvalue weighted by atomic mass is 35.5. The summed E-state index contributed by atoms with van der Waals surface area (Å²) in [7, 11) is 0. The third-order valence-electron chi connectivity index (χ3n) is 4.95. The van der Waals surface area contributed by atoms with E-state index in [-0.39, 0.29) is 25.5 Å². The third kappa shape index (κ3) is 5.30. The lowest BCUT2D eigenvalue weighted by atomic mass is 10.0. The van der Waals surface area contributed by atoms with E-state index < -0.39 is 11.7 Å².